The van der Waals surface area contributed by atoms with Crippen LogP contribution in [0.5, 0.6) is 5.75 Å². The van der Waals surface area contributed by atoms with E-state index >= 15 is 0 Å². The number of nitrogens with zero attached hydrogens (tertiary/aromatic N) is 2. The highest BCUT2D eigenvalue weighted by Gasteiger charge is 2.26. The highest BCUT2D eigenvalue weighted by Crippen LogP contribution is 2.29. The number of fused-ring (bicyclic) bond motifs is 2. The lowest BCUT2D eigenvalue weighted by atomic mass is 10.0. The number of hydrogen-bond donors (Lipinski definition) is 1. The molecule has 1 aromatic heterocycles. The van der Waals surface area contributed by atoms with Crippen molar-refractivity contribution in [2.45, 2.75) is 24.3 Å². The van der Waals surface area contributed by atoms with Crippen LogP contribution in [0.1, 0.15) is 11.1 Å². The molecule has 1 unspecified atom stereocenters. The van der Waals surface area contributed by atoms with Crippen LogP contribution in [-0.4, -0.2) is 30.2 Å². The van der Waals surface area contributed by atoms with E-state index in [2.05, 4.69) is 4.72 Å². The first-order chi connectivity index (χ1) is 12.8. The topological polar surface area (TPSA) is 82.3 Å². The Balaban J connectivity index is 1.64. The third kappa shape index (κ3) is 2.94. The van der Waals surface area contributed by atoms with Crippen LogP contribution in [-0.2, 0) is 30.5 Å². The average molecular weight is 387 g/mol. The molecule has 1 N–H and O–H groups in total. The number of sulfonamides is 1. The number of aryl methyl sites for hydroxylation is 3. The molecule has 2 aromatic carbocycles. The highest BCUT2D eigenvalue weighted by atomic mass is 32.2. The molecule has 1 aliphatic heterocycles. The Kier molecular flexibility index (Phi) is 4.12. The normalized spacial score (nSPS) is 16.9. The molecular formula is C19H21N3O4S. The van der Waals surface area contributed by atoms with Crippen molar-refractivity contribution in [3.05, 3.63) is 58.0 Å². The van der Waals surface area contributed by atoms with E-state index in [4.69, 9.17) is 4.74 Å². The quantitative estimate of drug-likeness (QED) is 0.738. The van der Waals surface area contributed by atoms with Crippen molar-refractivity contribution >= 4 is 21.1 Å². The summed E-state index contributed by atoms with van der Waals surface area (Å²) in [4.78, 5) is 12.2. The van der Waals surface area contributed by atoms with Crippen molar-refractivity contribution in [3.63, 3.8) is 0 Å². The predicted octanol–water partition coefficient (Wildman–Crippen LogP) is 1.47. The Morgan fingerprint density at radius 2 is 1.85 bits per heavy atom. The Morgan fingerprint density at radius 3 is 2.63 bits per heavy atom. The van der Waals surface area contributed by atoms with Gasteiger partial charge in [-0.05, 0) is 42.7 Å². The summed E-state index contributed by atoms with van der Waals surface area (Å²) < 4.78 is 37.2. The van der Waals surface area contributed by atoms with Gasteiger partial charge in [0.25, 0.3) is 0 Å². The molecule has 0 spiro atoms. The van der Waals surface area contributed by atoms with Gasteiger partial charge in [-0.15, -0.1) is 0 Å². The van der Waals surface area contributed by atoms with Gasteiger partial charge in [-0.2, -0.15) is 0 Å². The molecule has 27 heavy (non-hydrogen) atoms. The van der Waals surface area contributed by atoms with Crippen LogP contribution in [0.25, 0.3) is 11.0 Å². The summed E-state index contributed by atoms with van der Waals surface area (Å²) in [6.07, 6.45) is 0.572. The minimum atomic E-state index is -3.74. The molecule has 4 rings (SSSR count). The molecule has 142 valence electrons. The molecule has 7 nitrogen and oxygen atoms in total. The zero-order valence-electron chi connectivity index (χ0n) is 15.4. The standard InChI is InChI=1S/C19H21N3O4S/c1-12-5-4-6-13-9-14(11-26-18(12)13)20-27(24,25)15-7-8-16-17(10-15)22(3)19(23)21(16)2/h4-8,10,14,20H,9,11H2,1-3H3. The molecule has 0 radical (unpaired) electrons. The van der Waals surface area contributed by atoms with E-state index in [-0.39, 0.29) is 23.2 Å². The Labute approximate surface area is 157 Å². The molecule has 1 atom stereocenters. The second-order valence-electron chi connectivity index (χ2n) is 6.95. The van der Waals surface area contributed by atoms with Crippen molar-refractivity contribution in [2.24, 2.45) is 14.1 Å². The molecule has 8 heteroatoms. The summed E-state index contributed by atoms with van der Waals surface area (Å²) in [5.74, 6) is 0.841. The maximum atomic E-state index is 12.9. The van der Waals surface area contributed by atoms with E-state index in [1.165, 1.54) is 21.3 Å². The first kappa shape index (κ1) is 17.8. The lowest BCUT2D eigenvalue weighted by molar-refractivity contribution is 0.252. The van der Waals surface area contributed by atoms with Crippen LogP contribution in [0.4, 0.5) is 0 Å². The average Bonchev–Trinajstić information content (AvgIpc) is 2.85. The van der Waals surface area contributed by atoms with E-state index in [0.717, 1.165) is 16.9 Å². The maximum absolute atomic E-state index is 12.9. The van der Waals surface area contributed by atoms with Gasteiger partial charge >= 0.3 is 5.69 Å². The van der Waals surface area contributed by atoms with E-state index < -0.39 is 10.0 Å². The molecular weight excluding hydrogens is 366 g/mol. The highest BCUT2D eigenvalue weighted by molar-refractivity contribution is 7.89. The van der Waals surface area contributed by atoms with Crippen LogP contribution in [0, 0.1) is 6.92 Å². The van der Waals surface area contributed by atoms with E-state index in [0.29, 0.717) is 17.5 Å². The summed E-state index contributed by atoms with van der Waals surface area (Å²) in [7, 11) is -0.449. The molecule has 0 saturated carbocycles. The monoisotopic (exact) mass is 387 g/mol. The van der Waals surface area contributed by atoms with Crippen LogP contribution in [0.3, 0.4) is 0 Å². The van der Waals surface area contributed by atoms with Crippen molar-refractivity contribution in [2.75, 3.05) is 6.61 Å². The molecule has 0 bridgehead atoms. The minimum Gasteiger partial charge on any atom is -0.491 e. The van der Waals surface area contributed by atoms with E-state index in [9.17, 15) is 13.2 Å². The predicted molar refractivity (Wildman–Crippen MR) is 103 cm³/mol. The summed E-state index contributed by atoms with van der Waals surface area (Å²) in [6, 6.07) is 10.2. The summed E-state index contributed by atoms with van der Waals surface area (Å²) in [5, 5.41) is 0. The van der Waals surface area contributed by atoms with Crippen molar-refractivity contribution in [1.29, 1.82) is 0 Å². The van der Waals surface area contributed by atoms with Gasteiger partial charge in [-0.1, -0.05) is 18.2 Å². The van der Waals surface area contributed by atoms with Gasteiger partial charge in [-0.3, -0.25) is 9.13 Å². The zero-order chi connectivity index (χ0) is 19.3. The summed E-state index contributed by atoms with van der Waals surface area (Å²) in [6.45, 7) is 2.26. The van der Waals surface area contributed by atoms with Crippen LogP contribution in [0.2, 0.25) is 0 Å². The largest absolute Gasteiger partial charge is 0.491 e. The zero-order valence-corrected chi connectivity index (χ0v) is 16.2. The van der Waals surface area contributed by atoms with Gasteiger partial charge in [0.2, 0.25) is 10.0 Å². The van der Waals surface area contributed by atoms with Crippen molar-refractivity contribution in [3.8, 4) is 5.75 Å². The molecule has 0 saturated heterocycles. The van der Waals surface area contributed by atoms with Crippen molar-refractivity contribution < 1.29 is 13.2 Å². The van der Waals surface area contributed by atoms with Gasteiger partial charge in [0.1, 0.15) is 12.4 Å². The fraction of sp³-hybridized carbons (Fsp3) is 0.316. The van der Waals surface area contributed by atoms with Crippen molar-refractivity contribution in [1.82, 2.24) is 13.9 Å². The lowest BCUT2D eigenvalue weighted by Gasteiger charge is -2.27. The second kappa shape index (κ2) is 6.24. The first-order valence-electron chi connectivity index (χ1n) is 8.67. The van der Waals surface area contributed by atoms with Crippen LogP contribution < -0.4 is 15.1 Å². The third-order valence-corrected chi connectivity index (χ3v) is 6.58. The first-order valence-corrected chi connectivity index (χ1v) is 10.2. The number of aromatic nitrogens is 2. The van der Waals surface area contributed by atoms with E-state index in [1.807, 2.05) is 25.1 Å². The number of hydrogen-bond acceptors (Lipinski definition) is 4. The number of ether oxygens (including phenoxy) is 1. The minimum absolute atomic E-state index is 0.131. The van der Waals surface area contributed by atoms with Crippen LogP contribution >= 0.6 is 0 Å². The van der Waals surface area contributed by atoms with Gasteiger partial charge in [0, 0.05) is 14.1 Å². The summed E-state index contributed by atoms with van der Waals surface area (Å²) >= 11 is 0. The SMILES string of the molecule is Cc1cccc2c1OCC(NS(=O)(=O)c1ccc3c(c1)n(C)c(=O)n3C)C2. The summed E-state index contributed by atoms with van der Waals surface area (Å²) in [5.41, 5.74) is 3.11. The Bertz CT molecular complexity index is 1210. The number of para-hydroxylation sites is 1. The fourth-order valence-corrected chi connectivity index (χ4v) is 4.85. The molecule has 2 heterocycles. The number of imidazole rings is 1. The molecule has 0 aliphatic carbocycles. The molecule has 0 fully saturated rings. The molecule has 0 amide bonds. The Hall–Kier alpha value is -2.58. The number of benzene rings is 2. The maximum Gasteiger partial charge on any atom is 0.328 e. The second-order valence-corrected chi connectivity index (χ2v) is 8.66. The smallest absolute Gasteiger partial charge is 0.328 e. The van der Waals surface area contributed by atoms with Crippen LogP contribution in [0.15, 0.2) is 46.1 Å². The van der Waals surface area contributed by atoms with Gasteiger partial charge in [0.05, 0.1) is 22.0 Å². The van der Waals surface area contributed by atoms with Gasteiger partial charge in [0.15, 0.2) is 0 Å². The number of rotatable bonds is 3. The lowest BCUT2D eigenvalue weighted by Crippen LogP contribution is -2.42. The molecule has 3 aromatic rings. The molecule has 1 aliphatic rings. The fourth-order valence-electron chi connectivity index (χ4n) is 3.61. The third-order valence-electron chi connectivity index (χ3n) is 5.06. The van der Waals surface area contributed by atoms with Gasteiger partial charge < -0.3 is 4.74 Å². The van der Waals surface area contributed by atoms with E-state index in [1.54, 1.807) is 20.2 Å². The number of nitrogens with one attached hydrogen (secondary N) is 1. The Morgan fingerprint density at radius 1 is 1.11 bits per heavy atom. The van der Waals surface area contributed by atoms with Gasteiger partial charge in [-0.25, -0.2) is 17.9 Å².